The molecule has 2 N–H and O–H groups in total. The van der Waals surface area contributed by atoms with Crippen LogP contribution in [0.5, 0.6) is 11.5 Å². The van der Waals surface area contributed by atoms with Crippen LogP contribution in [0.1, 0.15) is 97.6 Å². The lowest BCUT2D eigenvalue weighted by atomic mass is 9.82. The number of fused-ring (bicyclic) bond motifs is 2. The minimum Gasteiger partial charge on any atom is -0.491 e. The van der Waals surface area contributed by atoms with E-state index in [0.717, 1.165) is 44.5 Å². The number of benzene rings is 1. The van der Waals surface area contributed by atoms with E-state index in [1.807, 2.05) is 32.2 Å². The number of amides is 4. The van der Waals surface area contributed by atoms with Crippen molar-refractivity contribution in [1.29, 1.82) is 0 Å². The Kier molecular flexibility index (Phi) is 13.5. The lowest BCUT2D eigenvalue weighted by molar-refractivity contribution is -0.155. The van der Waals surface area contributed by atoms with Crippen molar-refractivity contribution >= 4 is 67.7 Å². The Morgan fingerprint density at radius 3 is 2.47 bits per heavy atom. The maximum Gasteiger partial charge on any atom is 0.410 e. The standard InChI is InChI=1S/C48H62ClN7O10S2/c1-7-28-24-48(28,45(59)53-68(61,62)30-12-13-30)52-42(57)34-23-38(35-25-55(46(60)65-29-10-8-9-11-29)41(47(4,5)6)44(58)56(34)35)66-37-22-32(43-51-33(26-67-43)27(2)3)50-40-31(37)14-15-36(39(40)49)64-21-18-54-16-19-63-20-17-54/h7,14-15,22,26-30,34-35,38,41H,1,8-13,16-21,23-25H2,2-6H3,(H,52,57)(H,53,59)/t28-,34+,35-,38-,41+,48-/m1/s1. The van der Waals surface area contributed by atoms with Gasteiger partial charge in [-0.2, -0.15) is 0 Å². The summed E-state index contributed by atoms with van der Waals surface area (Å²) in [7, 11) is -3.95. The van der Waals surface area contributed by atoms with E-state index in [2.05, 4.69) is 35.4 Å². The Labute approximate surface area is 406 Å². The first-order valence-corrected chi connectivity index (χ1v) is 26.7. The molecule has 6 aliphatic rings. The van der Waals surface area contributed by atoms with E-state index in [-0.39, 0.29) is 36.4 Å². The van der Waals surface area contributed by atoms with Gasteiger partial charge < -0.3 is 29.2 Å². The van der Waals surface area contributed by atoms with Gasteiger partial charge in [-0.05, 0) is 68.4 Å². The minimum atomic E-state index is -3.95. The first kappa shape index (κ1) is 48.5. The molecule has 5 heterocycles. The molecule has 368 valence electrons. The summed E-state index contributed by atoms with van der Waals surface area (Å²) in [5.41, 5.74) is -0.594. The van der Waals surface area contributed by atoms with Crippen molar-refractivity contribution in [3.63, 3.8) is 0 Å². The van der Waals surface area contributed by atoms with Crippen LogP contribution in [0.15, 0.2) is 36.2 Å². The predicted octanol–water partition coefficient (Wildman–Crippen LogP) is 6.04. The number of carbonyl (C=O) groups excluding carboxylic acids is 4. The number of hydrogen-bond donors (Lipinski definition) is 2. The topological polar surface area (TPSA) is 199 Å². The number of halogens is 1. The molecule has 6 fully saturated rings. The molecule has 1 aromatic carbocycles. The number of morpholine rings is 1. The van der Waals surface area contributed by atoms with Crippen LogP contribution in [0.3, 0.4) is 0 Å². The summed E-state index contributed by atoms with van der Waals surface area (Å²) in [6, 6.07) is 2.32. The molecule has 0 spiro atoms. The fourth-order valence-corrected chi connectivity index (χ4v) is 12.7. The number of pyridine rings is 1. The van der Waals surface area contributed by atoms with Crippen LogP contribution in [0, 0.1) is 11.3 Å². The summed E-state index contributed by atoms with van der Waals surface area (Å²) in [6.07, 6.45) is 4.09. The number of thiazole rings is 1. The molecule has 0 bridgehead atoms. The van der Waals surface area contributed by atoms with Crippen LogP contribution in [0.2, 0.25) is 5.02 Å². The molecule has 9 rings (SSSR count). The number of aromatic nitrogens is 2. The van der Waals surface area contributed by atoms with E-state index >= 15 is 4.79 Å². The van der Waals surface area contributed by atoms with Gasteiger partial charge in [-0.1, -0.05) is 52.3 Å². The Morgan fingerprint density at radius 2 is 1.82 bits per heavy atom. The number of piperazine rings is 1. The number of sulfonamides is 1. The van der Waals surface area contributed by atoms with Gasteiger partial charge >= 0.3 is 6.09 Å². The lowest BCUT2D eigenvalue weighted by Gasteiger charge is -2.48. The Hall–Kier alpha value is -4.56. The second-order valence-corrected chi connectivity index (χ2v) is 23.6. The molecule has 0 radical (unpaired) electrons. The Balaban J connectivity index is 1.08. The number of rotatable bonds is 15. The monoisotopic (exact) mass is 995 g/mol. The third-order valence-electron chi connectivity index (χ3n) is 14.2. The van der Waals surface area contributed by atoms with Crippen LogP contribution >= 0.6 is 22.9 Å². The summed E-state index contributed by atoms with van der Waals surface area (Å²) < 4.78 is 53.0. The van der Waals surface area contributed by atoms with E-state index in [0.29, 0.717) is 72.3 Å². The van der Waals surface area contributed by atoms with Crippen molar-refractivity contribution in [3.05, 3.63) is 47.0 Å². The fourth-order valence-electron chi connectivity index (χ4n) is 10.1. The number of hydrogen-bond acceptors (Lipinski definition) is 14. The Bertz CT molecular complexity index is 2570. The highest BCUT2D eigenvalue weighted by molar-refractivity contribution is 7.91. The molecule has 20 heteroatoms. The zero-order chi connectivity index (χ0) is 48.3. The smallest absolute Gasteiger partial charge is 0.410 e. The first-order valence-electron chi connectivity index (χ1n) is 23.9. The molecule has 2 aromatic heterocycles. The van der Waals surface area contributed by atoms with Crippen molar-refractivity contribution < 1.29 is 46.5 Å². The molecule has 3 aliphatic carbocycles. The normalized spacial score (nSPS) is 26.8. The molecule has 0 unspecified atom stereocenters. The first-order chi connectivity index (χ1) is 32.4. The van der Waals surface area contributed by atoms with E-state index in [1.54, 1.807) is 12.1 Å². The molecule has 3 aromatic rings. The molecule has 17 nitrogen and oxygen atoms in total. The van der Waals surface area contributed by atoms with Gasteiger partial charge in [0, 0.05) is 55.4 Å². The third-order valence-corrected chi connectivity index (χ3v) is 17.2. The zero-order valence-electron chi connectivity index (χ0n) is 39.3. The maximum atomic E-state index is 15.2. The molecule has 4 amide bonds. The summed E-state index contributed by atoms with van der Waals surface area (Å²) in [6.45, 7) is 17.6. The van der Waals surface area contributed by atoms with E-state index in [9.17, 15) is 22.8 Å². The fraction of sp³-hybridized carbons (Fsp3) is 0.625. The van der Waals surface area contributed by atoms with Crippen molar-refractivity contribution in [2.24, 2.45) is 11.3 Å². The van der Waals surface area contributed by atoms with Gasteiger partial charge in [0.2, 0.25) is 21.8 Å². The van der Waals surface area contributed by atoms with Crippen LogP contribution in [-0.4, -0.2) is 144 Å². The van der Waals surface area contributed by atoms with Gasteiger partial charge in [-0.25, -0.2) is 23.2 Å². The van der Waals surface area contributed by atoms with Crippen molar-refractivity contribution in [3.8, 4) is 22.2 Å². The van der Waals surface area contributed by atoms with Gasteiger partial charge in [0.05, 0.1) is 35.7 Å². The van der Waals surface area contributed by atoms with Crippen LogP contribution in [0.4, 0.5) is 4.79 Å². The van der Waals surface area contributed by atoms with E-state index < -0.39 is 80.2 Å². The zero-order valence-corrected chi connectivity index (χ0v) is 41.7. The van der Waals surface area contributed by atoms with Gasteiger partial charge in [-0.15, -0.1) is 17.9 Å². The highest BCUT2D eigenvalue weighted by Gasteiger charge is 2.64. The third kappa shape index (κ3) is 9.66. The van der Waals surface area contributed by atoms with Gasteiger partial charge in [0.15, 0.2) is 0 Å². The quantitative estimate of drug-likeness (QED) is 0.167. The van der Waals surface area contributed by atoms with Crippen molar-refractivity contribution in [1.82, 2.24) is 34.7 Å². The van der Waals surface area contributed by atoms with Gasteiger partial charge in [0.1, 0.15) is 63.7 Å². The van der Waals surface area contributed by atoms with Crippen LogP contribution in [-0.2, 0) is 33.9 Å². The summed E-state index contributed by atoms with van der Waals surface area (Å²) >= 11 is 8.62. The molecule has 3 saturated heterocycles. The molecular weight excluding hydrogens is 934 g/mol. The van der Waals surface area contributed by atoms with Gasteiger partial charge in [0.25, 0.3) is 5.91 Å². The van der Waals surface area contributed by atoms with E-state index in [4.69, 9.17) is 40.5 Å². The minimum absolute atomic E-state index is 0.0176. The molecule has 68 heavy (non-hydrogen) atoms. The SMILES string of the molecule is C=C[C@@H]1C[C@]1(NC(=O)[C@@H]1C[C@@H](Oc2cc(-c3nc(C(C)C)cs3)nc3c(Cl)c(OCCN4CCOCC4)ccc23)[C@H]2CN(C(=O)OC3CCCC3)[C@H](C(C)(C)C)C(=O)N21)C(=O)NS(=O)(=O)C1CC1. The van der Waals surface area contributed by atoms with Crippen molar-refractivity contribution in [2.45, 2.75) is 133 Å². The summed E-state index contributed by atoms with van der Waals surface area (Å²) in [5, 5.41) is 5.67. The molecule has 3 aliphatic heterocycles. The molecular formula is C48H62ClN7O10S2. The Morgan fingerprint density at radius 1 is 1.09 bits per heavy atom. The van der Waals surface area contributed by atoms with Crippen LogP contribution < -0.4 is 19.5 Å². The summed E-state index contributed by atoms with van der Waals surface area (Å²) in [5.74, 6) is -1.56. The maximum absolute atomic E-state index is 15.2. The highest BCUT2D eigenvalue weighted by Crippen LogP contribution is 2.47. The number of ether oxygens (including phenoxy) is 4. The molecule has 3 saturated carbocycles. The predicted molar refractivity (Wildman–Crippen MR) is 256 cm³/mol. The number of nitrogens with zero attached hydrogens (tertiary/aromatic N) is 5. The number of nitrogens with one attached hydrogen (secondary N) is 2. The van der Waals surface area contributed by atoms with Crippen LogP contribution in [0.25, 0.3) is 21.6 Å². The lowest BCUT2D eigenvalue weighted by Crippen LogP contribution is -2.69. The number of carbonyl (C=O) groups is 4. The second kappa shape index (κ2) is 19.0. The van der Waals surface area contributed by atoms with E-state index in [1.165, 1.54) is 27.2 Å². The second-order valence-electron chi connectivity index (χ2n) is 20.4. The summed E-state index contributed by atoms with van der Waals surface area (Å²) in [4.78, 5) is 73.3. The highest BCUT2D eigenvalue weighted by atomic mass is 35.5. The molecule has 6 atom stereocenters. The average Bonchev–Trinajstić information content (AvgIpc) is 4.09. The van der Waals surface area contributed by atoms with Crippen molar-refractivity contribution in [2.75, 3.05) is 46.0 Å². The average molecular weight is 997 g/mol. The van der Waals surface area contributed by atoms with Gasteiger partial charge in [-0.3, -0.25) is 28.9 Å². The largest absolute Gasteiger partial charge is 0.491 e.